The van der Waals surface area contributed by atoms with Crippen molar-refractivity contribution in [1.29, 1.82) is 0 Å². The van der Waals surface area contributed by atoms with E-state index in [-0.39, 0.29) is 11.8 Å². The second kappa shape index (κ2) is 5.51. The molecule has 1 rings (SSSR count). The molecule has 0 aliphatic heterocycles. The summed E-state index contributed by atoms with van der Waals surface area (Å²) in [6.07, 6.45) is 0. The summed E-state index contributed by atoms with van der Waals surface area (Å²) in [6, 6.07) is 6.65. The predicted octanol–water partition coefficient (Wildman–Crippen LogP) is 1.61. The lowest BCUT2D eigenvalue weighted by molar-refractivity contribution is -0.115. The van der Waals surface area contributed by atoms with E-state index in [0.29, 0.717) is 11.3 Å². The van der Waals surface area contributed by atoms with Crippen molar-refractivity contribution in [3.63, 3.8) is 0 Å². The van der Waals surface area contributed by atoms with Crippen LogP contribution in [0.2, 0.25) is 0 Å². The third kappa shape index (κ3) is 3.24. The van der Waals surface area contributed by atoms with Crippen LogP contribution in [0.15, 0.2) is 24.3 Å². The van der Waals surface area contributed by atoms with Crippen molar-refractivity contribution < 1.29 is 9.59 Å². The maximum Gasteiger partial charge on any atom is 0.251 e. The summed E-state index contributed by atoms with van der Waals surface area (Å²) in [5.41, 5.74) is 1.04. The number of hydrogen-bond donors (Lipinski definition) is 2. The summed E-state index contributed by atoms with van der Waals surface area (Å²) >= 11 is 5.62. The fourth-order valence-corrected chi connectivity index (χ4v) is 1.18. The molecule has 86 valence electrons. The Labute approximate surface area is 99.0 Å². The number of hydrogen-bond acceptors (Lipinski definition) is 2. The Morgan fingerprint density at radius 3 is 2.62 bits per heavy atom. The Morgan fingerprint density at radius 2 is 2.06 bits per heavy atom. The highest BCUT2D eigenvalue weighted by Gasteiger charge is 2.10. The van der Waals surface area contributed by atoms with Crippen molar-refractivity contribution in [3.05, 3.63) is 29.8 Å². The number of carbonyl (C=O) groups excluding carboxylic acids is 2. The first-order valence-corrected chi connectivity index (χ1v) is 5.25. The lowest BCUT2D eigenvalue weighted by Crippen LogP contribution is -2.21. The lowest BCUT2D eigenvalue weighted by atomic mass is 10.2. The number of nitrogens with one attached hydrogen (secondary N) is 2. The van der Waals surface area contributed by atoms with Gasteiger partial charge in [-0.15, -0.1) is 11.6 Å². The van der Waals surface area contributed by atoms with Crippen LogP contribution in [0, 0.1) is 0 Å². The van der Waals surface area contributed by atoms with Crippen LogP contribution in [0.3, 0.4) is 0 Å². The maximum absolute atomic E-state index is 11.3. The normalized spacial score (nSPS) is 11.7. The molecule has 1 unspecified atom stereocenters. The average molecular weight is 241 g/mol. The Balaban J connectivity index is 2.83. The van der Waals surface area contributed by atoms with Crippen molar-refractivity contribution >= 4 is 29.1 Å². The molecule has 0 bridgehead atoms. The van der Waals surface area contributed by atoms with E-state index < -0.39 is 5.38 Å². The van der Waals surface area contributed by atoms with Crippen LogP contribution in [0.4, 0.5) is 5.69 Å². The summed E-state index contributed by atoms with van der Waals surface area (Å²) in [6.45, 7) is 1.58. The summed E-state index contributed by atoms with van der Waals surface area (Å²) in [5.74, 6) is -0.495. The third-order valence-electron chi connectivity index (χ3n) is 1.98. The molecule has 0 spiro atoms. The molecule has 1 aromatic carbocycles. The zero-order valence-corrected chi connectivity index (χ0v) is 9.84. The Bertz CT molecular complexity index is 405. The highest BCUT2D eigenvalue weighted by molar-refractivity contribution is 6.32. The summed E-state index contributed by atoms with van der Waals surface area (Å²) < 4.78 is 0. The number of anilines is 1. The van der Waals surface area contributed by atoms with Gasteiger partial charge in [-0.25, -0.2) is 0 Å². The van der Waals surface area contributed by atoms with Crippen molar-refractivity contribution in [2.45, 2.75) is 12.3 Å². The summed E-state index contributed by atoms with van der Waals surface area (Å²) in [5, 5.41) is 4.51. The van der Waals surface area contributed by atoms with Crippen molar-refractivity contribution in [2.75, 3.05) is 12.4 Å². The number of amides is 2. The lowest BCUT2D eigenvalue weighted by Gasteiger charge is -2.07. The van der Waals surface area contributed by atoms with Crippen LogP contribution < -0.4 is 10.6 Å². The molecule has 0 aromatic heterocycles. The first kappa shape index (κ1) is 12.5. The minimum Gasteiger partial charge on any atom is -0.355 e. The second-order valence-electron chi connectivity index (χ2n) is 3.27. The van der Waals surface area contributed by atoms with Gasteiger partial charge < -0.3 is 10.6 Å². The van der Waals surface area contributed by atoms with Gasteiger partial charge in [0.15, 0.2) is 0 Å². The summed E-state index contributed by atoms with van der Waals surface area (Å²) in [7, 11) is 1.55. The molecule has 2 N–H and O–H groups in total. The molecule has 0 aliphatic rings. The van der Waals surface area contributed by atoms with Gasteiger partial charge >= 0.3 is 0 Å². The fraction of sp³-hybridized carbons (Fsp3) is 0.273. The minimum absolute atomic E-state index is 0.199. The van der Waals surface area contributed by atoms with E-state index in [9.17, 15) is 9.59 Å². The van der Waals surface area contributed by atoms with Gasteiger partial charge in [0, 0.05) is 18.3 Å². The molecule has 0 heterocycles. The molecule has 1 aromatic rings. The minimum atomic E-state index is -0.608. The standard InChI is InChI=1S/C11H13ClN2O2/c1-7(12)10(15)14-9-5-3-4-8(6-9)11(16)13-2/h3-7H,1-2H3,(H,13,16)(H,14,15). The van der Waals surface area contributed by atoms with E-state index in [0.717, 1.165) is 0 Å². The van der Waals surface area contributed by atoms with Crippen molar-refractivity contribution in [2.24, 2.45) is 0 Å². The predicted molar refractivity (Wildman–Crippen MR) is 63.8 cm³/mol. The van der Waals surface area contributed by atoms with E-state index in [1.54, 1.807) is 38.2 Å². The van der Waals surface area contributed by atoms with E-state index in [2.05, 4.69) is 10.6 Å². The molecule has 4 nitrogen and oxygen atoms in total. The molecule has 2 amide bonds. The first-order chi connectivity index (χ1) is 7.54. The van der Waals surface area contributed by atoms with Crippen LogP contribution in [-0.2, 0) is 4.79 Å². The quantitative estimate of drug-likeness (QED) is 0.789. The number of halogens is 1. The zero-order chi connectivity index (χ0) is 12.1. The van der Waals surface area contributed by atoms with E-state index in [1.807, 2.05) is 0 Å². The van der Waals surface area contributed by atoms with Crippen LogP contribution in [0.5, 0.6) is 0 Å². The molecule has 0 fully saturated rings. The number of benzene rings is 1. The van der Waals surface area contributed by atoms with Crippen LogP contribution in [0.1, 0.15) is 17.3 Å². The Morgan fingerprint density at radius 1 is 1.38 bits per heavy atom. The monoisotopic (exact) mass is 240 g/mol. The highest BCUT2D eigenvalue weighted by Crippen LogP contribution is 2.11. The molecule has 0 saturated heterocycles. The largest absolute Gasteiger partial charge is 0.355 e. The Kier molecular flexibility index (Phi) is 4.31. The first-order valence-electron chi connectivity index (χ1n) is 4.81. The number of rotatable bonds is 3. The van der Waals surface area contributed by atoms with Gasteiger partial charge in [0.2, 0.25) is 5.91 Å². The second-order valence-corrected chi connectivity index (χ2v) is 3.92. The number of alkyl halides is 1. The molecular weight excluding hydrogens is 228 g/mol. The fourth-order valence-electron chi connectivity index (χ4n) is 1.12. The zero-order valence-electron chi connectivity index (χ0n) is 9.08. The van der Waals surface area contributed by atoms with Crippen LogP contribution in [0.25, 0.3) is 0 Å². The topological polar surface area (TPSA) is 58.2 Å². The molecule has 16 heavy (non-hydrogen) atoms. The van der Waals surface area contributed by atoms with Gasteiger partial charge in [-0.1, -0.05) is 6.07 Å². The molecule has 0 radical (unpaired) electrons. The smallest absolute Gasteiger partial charge is 0.251 e. The molecule has 0 saturated carbocycles. The van der Waals surface area contributed by atoms with Crippen LogP contribution in [-0.4, -0.2) is 24.2 Å². The SMILES string of the molecule is CNC(=O)c1cccc(NC(=O)C(C)Cl)c1. The van der Waals surface area contributed by atoms with Gasteiger partial charge in [-0.2, -0.15) is 0 Å². The average Bonchev–Trinajstić information content (AvgIpc) is 2.28. The number of carbonyl (C=O) groups is 2. The van der Waals surface area contributed by atoms with Gasteiger partial charge in [0.05, 0.1) is 0 Å². The highest BCUT2D eigenvalue weighted by atomic mass is 35.5. The van der Waals surface area contributed by atoms with E-state index in [1.165, 1.54) is 0 Å². The molecule has 1 atom stereocenters. The van der Waals surface area contributed by atoms with Gasteiger partial charge in [0.1, 0.15) is 5.38 Å². The molecular formula is C11H13ClN2O2. The van der Waals surface area contributed by atoms with Crippen molar-refractivity contribution in [1.82, 2.24) is 5.32 Å². The summed E-state index contributed by atoms with van der Waals surface area (Å²) in [4.78, 5) is 22.7. The molecule has 5 heteroatoms. The van der Waals surface area contributed by atoms with Crippen LogP contribution >= 0.6 is 11.6 Å². The Hall–Kier alpha value is -1.55. The van der Waals surface area contributed by atoms with Gasteiger partial charge in [-0.05, 0) is 25.1 Å². The third-order valence-corrected chi connectivity index (χ3v) is 2.18. The maximum atomic E-state index is 11.3. The van der Waals surface area contributed by atoms with Gasteiger partial charge in [0.25, 0.3) is 5.91 Å². The van der Waals surface area contributed by atoms with Crippen molar-refractivity contribution in [3.8, 4) is 0 Å². The van der Waals surface area contributed by atoms with Gasteiger partial charge in [-0.3, -0.25) is 9.59 Å². The van der Waals surface area contributed by atoms with E-state index >= 15 is 0 Å². The molecule has 0 aliphatic carbocycles. The van der Waals surface area contributed by atoms with E-state index in [4.69, 9.17) is 11.6 Å².